The van der Waals surface area contributed by atoms with Crippen molar-refractivity contribution >= 4 is 21.8 Å². The van der Waals surface area contributed by atoms with Crippen molar-refractivity contribution in [1.82, 2.24) is 10.2 Å². The highest BCUT2D eigenvalue weighted by atomic mass is 32.2. The molecule has 0 aliphatic carbocycles. The second-order valence-corrected chi connectivity index (χ2v) is 9.60. The molecule has 0 saturated carbocycles. The standard InChI is InChI=1S/C15H28N2O5S/c1-10(2)12(16-14(19)22-15(3,4)5)13(18)17(6)11-7-8-23(20,21)9-11/h10-12H,7-9H2,1-6H3,(H,16,19)/t11?,12-/m0/s1. The molecule has 0 aromatic heterocycles. The van der Waals surface area contributed by atoms with Crippen molar-refractivity contribution < 1.29 is 22.7 Å². The second kappa shape index (κ2) is 7.07. The summed E-state index contributed by atoms with van der Waals surface area (Å²) in [5.41, 5.74) is -0.653. The minimum absolute atomic E-state index is 0.0213. The number of likely N-dealkylation sites (N-methyl/N-ethyl adjacent to an activating group) is 1. The van der Waals surface area contributed by atoms with E-state index in [9.17, 15) is 18.0 Å². The van der Waals surface area contributed by atoms with E-state index in [4.69, 9.17) is 4.74 Å². The molecule has 1 unspecified atom stereocenters. The number of ether oxygens (including phenoxy) is 1. The zero-order valence-corrected chi connectivity index (χ0v) is 15.6. The molecule has 1 fully saturated rings. The van der Waals surface area contributed by atoms with Crippen molar-refractivity contribution in [2.75, 3.05) is 18.6 Å². The molecule has 2 atom stereocenters. The SMILES string of the molecule is CC(C)[C@H](NC(=O)OC(C)(C)C)C(=O)N(C)C1CCS(=O)(=O)C1. The van der Waals surface area contributed by atoms with Gasteiger partial charge in [0.1, 0.15) is 11.6 Å². The van der Waals surface area contributed by atoms with E-state index in [-0.39, 0.29) is 29.4 Å². The highest BCUT2D eigenvalue weighted by molar-refractivity contribution is 7.91. The van der Waals surface area contributed by atoms with Gasteiger partial charge < -0.3 is 15.0 Å². The summed E-state index contributed by atoms with van der Waals surface area (Å²) in [6.07, 6.45) is -0.223. The maximum atomic E-state index is 12.6. The Kier molecular flexibility index (Phi) is 6.06. The van der Waals surface area contributed by atoms with Crippen molar-refractivity contribution in [3.63, 3.8) is 0 Å². The lowest BCUT2D eigenvalue weighted by Gasteiger charge is -2.31. The van der Waals surface area contributed by atoms with Gasteiger partial charge in [-0.1, -0.05) is 13.8 Å². The van der Waals surface area contributed by atoms with Crippen LogP contribution in [0.15, 0.2) is 0 Å². The molecule has 23 heavy (non-hydrogen) atoms. The van der Waals surface area contributed by atoms with E-state index < -0.39 is 27.6 Å². The highest BCUT2D eigenvalue weighted by Crippen LogP contribution is 2.19. The van der Waals surface area contributed by atoms with Crippen LogP contribution in [0.5, 0.6) is 0 Å². The lowest BCUT2D eigenvalue weighted by Crippen LogP contribution is -2.53. The number of nitrogens with one attached hydrogen (secondary N) is 1. The molecule has 0 bridgehead atoms. The molecule has 1 saturated heterocycles. The Balaban J connectivity index is 2.77. The molecule has 1 aliphatic rings. The van der Waals surface area contributed by atoms with E-state index in [1.165, 1.54) is 4.90 Å². The van der Waals surface area contributed by atoms with Gasteiger partial charge in [0.25, 0.3) is 0 Å². The zero-order valence-electron chi connectivity index (χ0n) is 14.8. The summed E-state index contributed by atoms with van der Waals surface area (Å²) in [5, 5.41) is 2.60. The number of carbonyl (C=O) groups is 2. The van der Waals surface area contributed by atoms with Gasteiger partial charge in [-0.15, -0.1) is 0 Å². The number of hydrogen-bond acceptors (Lipinski definition) is 5. The molecule has 7 nitrogen and oxygen atoms in total. The molecule has 8 heteroatoms. The molecule has 1 N–H and O–H groups in total. The molecule has 1 aliphatic heterocycles. The quantitative estimate of drug-likeness (QED) is 0.823. The molecular weight excluding hydrogens is 320 g/mol. The van der Waals surface area contributed by atoms with Crippen LogP contribution in [0.1, 0.15) is 41.0 Å². The molecule has 0 radical (unpaired) electrons. The summed E-state index contributed by atoms with van der Waals surface area (Å²) in [5.74, 6) is -0.364. The first-order valence-electron chi connectivity index (χ1n) is 7.79. The van der Waals surface area contributed by atoms with Crippen molar-refractivity contribution in [2.24, 2.45) is 5.92 Å². The normalized spacial score (nSPS) is 21.8. The molecule has 0 aromatic rings. The predicted octanol–water partition coefficient (Wildman–Crippen LogP) is 1.18. The minimum Gasteiger partial charge on any atom is -0.444 e. The number of rotatable bonds is 4. The average Bonchev–Trinajstić information content (AvgIpc) is 2.72. The van der Waals surface area contributed by atoms with Crippen LogP contribution in [-0.4, -0.2) is 61.6 Å². The number of amides is 2. The first kappa shape index (κ1) is 19.7. The summed E-state index contributed by atoms with van der Waals surface area (Å²) in [6.45, 7) is 8.87. The number of alkyl carbamates (subject to hydrolysis) is 1. The van der Waals surface area contributed by atoms with Crippen LogP contribution in [0.4, 0.5) is 4.79 Å². The fourth-order valence-electron chi connectivity index (χ4n) is 2.43. The fourth-order valence-corrected chi connectivity index (χ4v) is 4.20. The van der Waals surface area contributed by atoms with Crippen molar-refractivity contribution in [1.29, 1.82) is 0 Å². The maximum absolute atomic E-state index is 12.6. The highest BCUT2D eigenvalue weighted by Gasteiger charge is 2.36. The fraction of sp³-hybridized carbons (Fsp3) is 0.867. The van der Waals surface area contributed by atoms with Crippen LogP contribution < -0.4 is 5.32 Å². The van der Waals surface area contributed by atoms with E-state index in [2.05, 4.69) is 5.32 Å². The first-order chi connectivity index (χ1) is 10.3. The van der Waals surface area contributed by atoms with E-state index >= 15 is 0 Å². The van der Waals surface area contributed by atoms with Gasteiger partial charge in [-0.3, -0.25) is 4.79 Å². The van der Waals surface area contributed by atoms with Crippen molar-refractivity contribution in [3.05, 3.63) is 0 Å². The van der Waals surface area contributed by atoms with Gasteiger partial charge in [-0.2, -0.15) is 0 Å². The number of nitrogens with zero attached hydrogens (tertiary/aromatic N) is 1. The summed E-state index contributed by atoms with van der Waals surface area (Å²) in [7, 11) is -1.49. The third-order valence-corrected chi connectivity index (χ3v) is 5.46. The molecule has 1 heterocycles. The Hall–Kier alpha value is -1.31. The molecular formula is C15H28N2O5S. The lowest BCUT2D eigenvalue weighted by atomic mass is 10.0. The van der Waals surface area contributed by atoms with Crippen LogP contribution in [0, 0.1) is 5.92 Å². The maximum Gasteiger partial charge on any atom is 0.408 e. The van der Waals surface area contributed by atoms with Gasteiger partial charge in [-0.05, 0) is 33.1 Å². The van der Waals surface area contributed by atoms with Crippen LogP contribution in [0.2, 0.25) is 0 Å². The summed E-state index contributed by atoms with van der Waals surface area (Å²) in [6, 6.07) is -1.09. The average molecular weight is 348 g/mol. The van der Waals surface area contributed by atoms with Crippen LogP contribution >= 0.6 is 0 Å². The Labute approximate surface area is 138 Å². The summed E-state index contributed by atoms with van der Waals surface area (Å²) < 4.78 is 28.3. The molecule has 0 aromatic carbocycles. The Morgan fingerprint density at radius 2 is 1.83 bits per heavy atom. The minimum atomic E-state index is -3.07. The Morgan fingerprint density at radius 1 is 1.26 bits per heavy atom. The molecule has 1 rings (SSSR count). The third-order valence-electron chi connectivity index (χ3n) is 3.71. The van der Waals surface area contributed by atoms with Gasteiger partial charge in [0.15, 0.2) is 9.84 Å². The largest absolute Gasteiger partial charge is 0.444 e. The van der Waals surface area contributed by atoms with E-state index in [0.29, 0.717) is 6.42 Å². The van der Waals surface area contributed by atoms with Crippen molar-refractivity contribution in [3.8, 4) is 0 Å². The number of hydrogen-bond donors (Lipinski definition) is 1. The third kappa shape index (κ3) is 6.01. The van der Waals surface area contributed by atoms with E-state index in [1.807, 2.05) is 13.8 Å². The Bertz CT molecular complexity index is 551. The number of sulfone groups is 1. The van der Waals surface area contributed by atoms with Gasteiger partial charge in [0, 0.05) is 13.1 Å². The van der Waals surface area contributed by atoms with Gasteiger partial charge in [0.2, 0.25) is 5.91 Å². The van der Waals surface area contributed by atoms with Crippen LogP contribution in [0.25, 0.3) is 0 Å². The lowest BCUT2D eigenvalue weighted by molar-refractivity contribution is -0.134. The van der Waals surface area contributed by atoms with Gasteiger partial charge >= 0.3 is 6.09 Å². The van der Waals surface area contributed by atoms with Crippen LogP contribution in [-0.2, 0) is 19.4 Å². The van der Waals surface area contributed by atoms with Crippen molar-refractivity contribution in [2.45, 2.75) is 58.7 Å². The predicted molar refractivity (Wildman–Crippen MR) is 87.8 cm³/mol. The van der Waals surface area contributed by atoms with Gasteiger partial charge in [-0.25, -0.2) is 13.2 Å². The molecule has 0 spiro atoms. The smallest absolute Gasteiger partial charge is 0.408 e. The summed E-state index contributed by atoms with van der Waals surface area (Å²) >= 11 is 0. The molecule has 2 amide bonds. The topological polar surface area (TPSA) is 92.8 Å². The monoisotopic (exact) mass is 348 g/mol. The zero-order chi connectivity index (χ0) is 18.0. The van der Waals surface area contributed by atoms with E-state index in [0.717, 1.165) is 0 Å². The first-order valence-corrected chi connectivity index (χ1v) is 9.61. The second-order valence-electron chi connectivity index (χ2n) is 7.37. The Morgan fingerprint density at radius 3 is 2.22 bits per heavy atom. The summed E-state index contributed by atoms with van der Waals surface area (Å²) in [4.78, 5) is 26.0. The van der Waals surface area contributed by atoms with E-state index in [1.54, 1.807) is 27.8 Å². The number of carbonyl (C=O) groups excluding carboxylic acids is 2. The molecule has 134 valence electrons. The van der Waals surface area contributed by atoms with Crippen LogP contribution in [0.3, 0.4) is 0 Å². The van der Waals surface area contributed by atoms with Gasteiger partial charge in [0.05, 0.1) is 11.5 Å².